The van der Waals surface area contributed by atoms with Crippen molar-refractivity contribution in [1.29, 1.82) is 0 Å². The average Bonchev–Trinajstić information content (AvgIpc) is 3.13. The number of nitrogens with one attached hydrogen (secondary N) is 1. The van der Waals surface area contributed by atoms with Crippen molar-refractivity contribution in [3.05, 3.63) is 95.3 Å². The average molecular weight is 475 g/mol. The summed E-state index contributed by atoms with van der Waals surface area (Å²) in [6.45, 7) is 1.05. The molecule has 6 nitrogen and oxygen atoms in total. The number of carbonyl (C=O) groups is 1. The fraction of sp³-hybridized carbons (Fsp3) is 0.222. The molecule has 0 unspecified atom stereocenters. The predicted octanol–water partition coefficient (Wildman–Crippen LogP) is 5.78. The molecule has 8 heteroatoms. The molecule has 1 amide bonds. The van der Waals surface area contributed by atoms with Crippen LogP contribution >= 0.6 is 0 Å². The second kappa shape index (κ2) is 10.0. The van der Waals surface area contributed by atoms with E-state index in [-0.39, 0.29) is 18.1 Å². The van der Waals surface area contributed by atoms with Gasteiger partial charge in [-0.1, -0.05) is 24.6 Å². The smallest absolute Gasteiger partial charge is 0.255 e. The number of amides is 1. The zero-order valence-corrected chi connectivity index (χ0v) is 19.0. The summed E-state index contributed by atoms with van der Waals surface area (Å²) >= 11 is 0. The van der Waals surface area contributed by atoms with Crippen molar-refractivity contribution in [3.63, 3.8) is 0 Å². The summed E-state index contributed by atoms with van der Waals surface area (Å²) in [6, 6.07) is 17.2. The Labute approximate surface area is 201 Å². The van der Waals surface area contributed by atoms with E-state index in [0.29, 0.717) is 22.7 Å². The molecular formula is C27H24F2N4O2. The molecule has 0 aliphatic carbocycles. The second-order valence-electron chi connectivity index (χ2n) is 8.49. The third kappa shape index (κ3) is 5.21. The Bertz CT molecular complexity index is 1350. The fourth-order valence-corrected chi connectivity index (χ4v) is 4.13. The minimum Gasteiger partial charge on any atom is -0.489 e. The van der Waals surface area contributed by atoms with E-state index in [9.17, 15) is 13.6 Å². The van der Waals surface area contributed by atoms with E-state index >= 15 is 0 Å². The van der Waals surface area contributed by atoms with Gasteiger partial charge in [-0.3, -0.25) is 4.79 Å². The van der Waals surface area contributed by atoms with Crippen LogP contribution in [0.15, 0.2) is 66.7 Å². The lowest BCUT2D eigenvalue weighted by Gasteiger charge is -2.11. The molecule has 35 heavy (non-hydrogen) atoms. The Morgan fingerprint density at radius 2 is 1.83 bits per heavy atom. The molecule has 0 bridgehead atoms. The lowest BCUT2D eigenvalue weighted by atomic mass is 10.1. The molecule has 5 rings (SSSR count). The molecule has 1 aromatic heterocycles. The number of benzene rings is 3. The van der Waals surface area contributed by atoms with Gasteiger partial charge in [0, 0.05) is 24.1 Å². The Morgan fingerprint density at radius 3 is 2.69 bits per heavy atom. The van der Waals surface area contributed by atoms with Crippen molar-refractivity contribution < 1.29 is 18.3 Å². The van der Waals surface area contributed by atoms with Crippen LogP contribution in [0.3, 0.4) is 0 Å². The first-order valence-corrected chi connectivity index (χ1v) is 11.6. The summed E-state index contributed by atoms with van der Waals surface area (Å²) in [4.78, 5) is 12.9. The van der Waals surface area contributed by atoms with Crippen LogP contribution in [0.1, 0.15) is 41.0 Å². The van der Waals surface area contributed by atoms with Gasteiger partial charge in [0.05, 0.1) is 5.69 Å². The summed E-state index contributed by atoms with van der Waals surface area (Å²) in [6.07, 6.45) is 4.13. The van der Waals surface area contributed by atoms with Gasteiger partial charge in [-0.05, 0) is 66.9 Å². The molecule has 0 spiro atoms. The minimum atomic E-state index is -0.540. The van der Waals surface area contributed by atoms with Crippen molar-refractivity contribution in [2.75, 3.05) is 5.32 Å². The minimum absolute atomic E-state index is 0.0658. The van der Waals surface area contributed by atoms with Gasteiger partial charge in [0.15, 0.2) is 5.82 Å². The highest BCUT2D eigenvalue weighted by Crippen LogP contribution is 2.27. The van der Waals surface area contributed by atoms with Crippen LogP contribution in [-0.4, -0.2) is 20.7 Å². The number of carbonyl (C=O) groups excluding carboxylic acids is 1. The third-order valence-corrected chi connectivity index (χ3v) is 6.00. The van der Waals surface area contributed by atoms with Crippen molar-refractivity contribution in [2.45, 2.75) is 38.8 Å². The number of ether oxygens (including phenoxy) is 1. The second-order valence-corrected chi connectivity index (χ2v) is 8.49. The van der Waals surface area contributed by atoms with Gasteiger partial charge >= 0.3 is 0 Å². The van der Waals surface area contributed by atoms with E-state index in [1.54, 1.807) is 48.5 Å². The summed E-state index contributed by atoms with van der Waals surface area (Å²) in [5.41, 5.74) is 1.88. The highest BCUT2D eigenvalue weighted by molar-refractivity contribution is 6.04. The third-order valence-electron chi connectivity index (χ3n) is 6.00. The standard InChI is InChI=1S/C27H24F2N4O2/c28-21-11-8-18(9-12-21)17-35-22-6-4-5-20(15-22)27(34)30-24-16-19(10-13-23(24)29)26-32-31-25-7-2-1-3-14-33(25)26/h4-6,8-13,15-16H,1-3,7,14,17H2,(H,30,34). The maximum atomic E-state index is 14.6. The Hall–Kier alpha value is -4.07. The summed E-state index contributed by atoms with van der Waals surface area (Å²) in [7, 11) is 0. The van der Waals surface area contributed by atoms with E-state index in [1.165, 1.54) is 18.2 Å². The van der Waals surface area contributed by atoms with E-state index < -0.39 is 11.7 Å². The first-order valence-electron chi connectivity index (χ1n) is 11.6. The number of nitrogens with zero attached hydrogens (tertiary/aromatic N) is 3. The van der Waals surface area contributed by atoms with Gasteiger partial charge in [-0.15, -0.1) is 10.2 Å². The Kier molecular flexibility index (Phi) is 6.52. The summed E-state index contributed by atoms with van der Waals surface area (Å²) in [5.74, 6) is 0.763. The molecule has 0 saturated carbocycles. The normalized spacial score (nSPS) is 13.1. The van der Waals surface area contributed by atoms with Crippen LogP contribution in [0.25, 0.3) is 11.4 Å². The molecule has 3 aromatic carbocycles. The van der Waals surface area contributed by atoms with Crippen molar-refractivity contribution >= 4 is 11.6 Å². The van der Waals surface area contributed by atoms with Crippen molar-refractivity contribution in [3.8, 4) is 17.1 Å². The SMILES string of the molecule is O=C(Nc1cc(-c2nnc3n2CCCCC3)ccc1F)c1cccc(OCc2ccc(F)cc2)c1. The molecule has 2 heterocycles. The van der Waals surface area contributed by atoms with Gasteiger partial charge < -0.3 is 14.6 Å². The molecule has 0 saturated heterocycles. The number of halogens is 2. The van der Waals surface area contributed by atoms with E-state index in [2.05, 4.69) is 20.1 Å². The van der Waals surface area contributed by atoms with Crippen molar-refractivity contribution in [2.24, 2.45) is 0 Å². The largest absolute Gasteiger partial charge is 0.489 e. The maximum absolute atomic E-state index is 14.6. The first-order chi connectivity index (χ1) is 17.1. The maximum Gasteiger partial charge on any atom is 0.255 e. The van der Waals surface area contributed by atoms with Gasteiger partial charge in [-0.2, -0.15) is 0 Å². The Morgan fingerprint density at radius 1 is 0.971 bits per heavy atom. The molecule has 178 valence electrons. The highest BCUT2D eigenvalue weighted by Gasteiger charge is 2.18. The molecule has 0 fully saturated rings. The topological polar surface area (TPSA) is 69.0 Å². The number of hydrogen-bond donors (Lipinski definition) is 1. The van der Waals surface area contributed by atoms with Gasteiger partial charge in [0.2, 0.25) is 0 Å². The Balaban J connectivity index is 1.31. The lowest BCUT2D eigenvalue weighted by molar-refractivity contribution is 0.102. The number of hydrogen-bond acceptors (Lipinski definition) is 4. The van der Waals surface area contributed by atoms with E-state index in [4.69, 9.17) is 4.74 Å². The highest BCUT2D eigenvalue weighted by atomic mass is 19.1. The number of rotatable bonds is 6. The van der Waals surface area contributed by atoms with Crippen LogP contribution in [0.4, 0.5) is 14.5 Å². The monoisotopic (exact) mass is 474 g/mol. The molecule has 1 N–H and O–H groups in total. The number of aryl methyl sites for hydroxylation is 1. The lowest BCUT2D eigenvalue weighted by Crippen LogP contribution is -2.13. The number of fused-ring (bicyclic) bond motifs is 1. The zero-order valence-electron chi connectivity index (χ0n) is 19.0. The number of aromatic nitrogens is 3. The van der Waals surface area contributed by atoms with Crippen LogP contribution in [0, 0.1) is 11.6 Å². The van der Waals surface area contributed by atoms with E-state index in [0.717, 1.165) is 43.6 Å². The van der Waals surface area contributed by atoms with Crippen molar-refractivity contribution in [1.82, 2.24) is 14.8 Å². The quantitative estimate of drug-likeness (QED) is 0.385. The summed E-state index contributed by atoms with van der Waals surface area (Å²) < 4.78 is 35.5. The molecule has 0 radical (unpaired) electrons. The molecule has 4 aromatic rings. The van der Waals surface area contributed by atoms with Crippen LogP contribution in [0.5, 0.6) is 5.75 Å². The van der Waals surface area contributed by atoms with Gasteiger partial charge in [0.25, 0.3) is 5.91 Å². The van der Waals surface area contributed by atoms with E-state index in [1.807, 2.05) is 0 Å². The zero-order chi connectivity index (χ0) is 24.2. The van der Waals surface area contributed by atoms with Crippen LogP contribution < -0.4 is 10.1 Å². The first kappa shape index (κ1) is 22.7. The molecule has 0 atom stereocenters. The molecular weight excluding hydrogens is 450 g/mol. The molecule has 1 aliphatic heterocycles. The van der Waals surface area contributed by atoms with Crippen LogP contribution in [-0.2, 0) is 19.6 Å². The van der Waals surface area contributed by atoms with Gasteiger partial charge in [-0.25, -0.2) is 8.78 Å². The predicted molar refractivity (Wildman–Crippen MR) is 128 cm³/mol. The number of anilines is 1. The molecule has 1 aliphatic rings. The van der Waals surface area contributed by atoms with Crippen LogP contribution in [0.2, 0.25) is 0 Å². The fourth-order valence-electron chi connectivity index (χ4n) is 4.13. The van der Waals surface area contributed by atoms with Gasteiger partial charge in [0.1, 0.15) is 29.8 Å². The summed E-state index contributed by atoms with van der Waals surface area (Å²) in [5, 5.41) is 11.3.